The van der Waals surface area contributed by atoms with E-state index in [0.717, 1.165) is 29.3 Å². The Kier molecular flexibility index (Phi) is 7.24. The predicted molar refractivity (Wildman–Crippen MR) is 153 cm³/mol. The van der Waals surface area contributed by atoms with Gasteiger partial charge in [0.2, 0.25) is 0 Å². The standard InChI is InChI=1S/C33H33NO7/c1-19-8-5-14-23(35)13-4-2-3-9-21-17-26-29(31(37)28(21)33(39)40-19)24(18-27(36)41-26)25-16-22-11-6-10-20-12-7-15-34(30(20)22)32(25)38/h3,6,9-11,16-17,19,24,37H,2,4-5,7-8,12-15,18H2,1H3/t19-,24?/m0/s1. The largest absolute Gasteiger partial charge is 0.507 e. The molecule has 3 aromatic rings. The van der Waals surface area contributed by atoms with Crippen molar-refractivity contribution in [3.05, 3.63) is 74.6 Å². The maximum Gasteiger partial charge on any atom is 0.342 e. The number of allylic oxidation sites excluding steroid dienone is 1. The SMILES string of the molecule is C[C@H]1CCCC(=O)CCCC=Cc2cc3c(c(O)c2C(=O)O1)C(c1cc2cccc4c2n(c1=O)CCC4)CC(=O)O3. The van der Waals surface area contributed by atoms with E-state index < -0.39 is 24.0 Å². The van der Waals surface area contributed by atoms with E-state index in [1.165, 1.54) is 0 Å². The van der Waals surface area contributed by atoms with Crippen molar-refractivity contribution in [3.8, 4) is 11.5 Å². The van der Waals surface area contributed by atoms with Crippen molar-refractivity contribution in [2.45, 2.75) is 83.3 Å². The fraction of sp³-hybridized carbons (Fsp3) is 0.394. The van der Waals surface area contributed by atoms with Crippen LogP contribution in [-0.2, 0) is 27.3 Å². The average molecular weight is 556 g/mol. The number of benzene rings is 2. The number of ketones is 1. The number of carbonyl (C=O) groups excluding carboxylic acids is 3. The monoisotopic (exact) mass is 555 g/mol. The van der Waals surface area contributed by atoms with Gasteiger partial charge in [0, 0.05) is 36.4 Å². The summed E-state index contributed by atoms with van der Waals surface area (Å²) < 4.78 is 13.1. The van der Waals surface area contributed by atoms with Crippen LogP contribution >= 0.6 is 0 Å². The summed E-state index contributed by atoms with van der Waals surface area (Å²) in [5.41, 5.74) is 2.77. The van der Waals surface area contributed by atoms with Crippen LogP contribution in [0.2, 0.25) is 0 Å². The molecule has 0 fully saturated rings. The van der Waals surface area contributed by atoms with Crippen LogP contribution < -0.4 is 10.3 Å². The number of phenols is 1. The number of aromatic nitrogens is 1. The molecule has 1 aromatic heterocycles. The number of nitrogens with zero attached hydrogens (tertiary/aromatic N) is 1. The molecule has 0 amide bonds. The zero-order chi connectivity index (χ0) is 28.7. The Labute approximate surface area is 237 Å². The van der Waals surface area contributed by atoms with E-state index in [1.807, 2.05) is 30.3 Å². The second kappa shape index (κ2) is 11.0. The number of para-hydroxylation sites is 1. The van der Waals surface area contributed by atoms with Crippen LogP contribution in [0.1, 0.15) is 96.8 Å². The molecule has 0 bridgehead atoms. The lowest BCUT2D eigenvalue weighted by Gasteiger charge is -2.28. The number of cyclic esters (lactones) is 1. The van der Waals surface area contributed by atoms with Gasteiger partial charge in [0.1, 0.15) is 22.8 Å². The van der Waals surface area contributed by atoms with E-state index in [1.54, 1.807) is 23.6 Å². The molecule has 8 nitrogen and oxygen atoms in total. The number of Topliss-reactive ketones (excluding diaryl/α,β-unsaturated/α-hetero) is 1. The number of carbonyl (C=O) groups is 3. The highest BCUT2D eigenvalue weighted by Crippen LogP contribution is 2.47. The highest BCUT2D eigenvalue weighted by Gasteiger charge is 2.37. The number of aryl methyl sites for hydroxylation is 2. The highest BCUT2D eigenvalue weighted by atomic mass is 16.5. The quantitative estimate of drug-likeness (QED) is 0.308. The molecule has 1 unspecified atom stereocenters. The molecule has 0 saturated carbocycles. The third-order valence-corrected chi connectivity index (χ3v) is 8.41. The average Bonchev–Trinajstić information content (AvgIpc) is 2.93. The molecule has 2 atom stereocenters. The Morgan fingerprint density at radius 3 is 2.68 bits per heavy atom. The van der Waals surface area contributed by atoms with Gasteiger partial charge in [-0.2, -0.15) is 0 Å². The first kappa shape index (κ1) is 27.0. The Hall–Kier alpha value is -4.20. The van der Waals surface area contributed by atoms with E-state index in [4.69, 9.17) is 9.47 Å². The first-order valence-electron chi connectivity index (χ1n) is 14.5. The molecule has 4 heterocycles. The Morgan fingerprint density at radius 2 is 1.83 bits per heavy atom. The van der Waals surface area contributed by atoms with E-state index in [9.17, 15) is 24.3 Å². The van der Waals surface area contributed by atoms with E-state index in [-0.39, 0.29) is 40.4 Å². The third-order valence-electron chi connectivity index (χ3n) is 8.41. The smallest absolute Gasteiger partial charge is 0.342 e. The molecule has 3 aliphatic heterocycles. The molecule has 8 heteroatoms. The topological polar surface area (TPSA) is 112 Å². The van der Waals surface area contributed by atoms with Crippen molar-refractivity contribution >= 4 is 34.7 Å². The number of rotatable bonds is 1. The zero-order valence-electron chi connectivity index (χ0n) is 23.1. The van der Waals surface area contributed by atoms with Gasteiger partial charge in [0.25, 0.3) is 5.56 Å². The van der Waals surface area contributed by atoms with Gasteiger partial charge in [-0.1, -0.05) is 30.4 Å². The van der Waals surface area contributed by atoms with Gasteiger partial charge in [0.05, 0.1) is 18.0 Å². The van der Waals surface area contributed by atoms with Gasteiger partial charge in [0.15, 0.2) is 0 Å². The molecule has 1 N–H and O–H groups in total. The predicted octanol–water partition coefficient (Wildman–Crippen LogP) is 5.58. The molecule has 41 heavy (non-hydrogen) atoms. The van der Waals surface area contributed by atoms with Crippen molar-refractivity contribution < 1.29 is 29.0 Å². The lowest BCUT2D eigenvalue weighted by molar-refractivity contribution is -0.135. The van der Waals surface area contributed by atoms with Crippen molar-refractivity contribution in [3.63, 3.8) is 0 Å². The number of pyridine rings is 1. The molecule has 212 valence electrons. The van der Waals surface area contributed by atoms with Gasteiger partial charge in [-0.25, -0.2) is 4.79 Å². The van der Waals surface area contributed by atoms with Crippen LogP contribution in [-0.4, -0.2) is 33.5 Å². The molecule has 6 rings (SSSR count). The van der Waals surface area contributed by atoms with Gasteiger partial charge < -0.3 is 19.1 Å². The van der Waals surface area contributed by atoms with Crippen LogP contribution in [0.3, 0.4) is 0 Å². The number of phenolic OH excluding ortho intramolecular Hbond substituents is 1. The molecular formula is C33H33NO7. The van der Waals surface area contributed by atoms with Gasteiger partial charge in [-0.15, -0.1) is 0 Å². The van der Waals surface area contributed by atoms with Crippen molar-refractivity contribution in [2.75, 3.05) is 0 Å². The number of hydrogen-bond acceptors (Lipinski definition) is 7. The number of fused-ring (bicyclic) bond motifs is 2. The molecule has 0 radical (unpaired) electrons. The van der Waals surface area contributed by atoms with E-state index in [0.29, 0.717) is 56.2 Å². The minimum Gasteiger partial charge on any atom is -0.507 e. The number of hydrogen-bond donors (Lipinski definition) is 1. The van der Waals surface area contributed by atoms with Crippen LogP contribution in [0.5, 0.6) is 11.5 Å². The van der Waals surface area contributed by atoms with E-state index >= 15 is 0 Å². The lowest BCUT2D eigenvalue weighted by atomic mass is 9.83. The Balaban J connectivity index is 1.50. The van der Waals surface area contributed by atoms with Crippen molar-refractivity contribution in [2.24, 2.45) is 0 Å². The summed E-state index contributed by atoms with van der Waals surface area (Å²) in [6.45, 7) is 2.33. The second-order valence-corrected chi connectivity index (χ2v) is 11.3. The van der Waals surface area contributed by atoms with Gasteiger partial charge in [-0.05, 0) is 74.1 Å². The van der Waals surface area contributed by atoms with Crippen LogP contribution in [0.15, 0.2) is 41.2 Å². The van der Waals surface area contributed by atoms with Crippen molar-refractivity contribution in [1.82, 2.24) is 4.57 Å². The minimum atomic E-state index is -0.795. The third kappa shape index (κ3) is 5.07. The first-order chi connectivity index (χ1) is 19.8. The first-order valence-corrected chi connectivity index (χ1v) is 14.5. The zero-order valence-corrected chi connectivity index (χ0v) is 23.1. The van der Waals surface area contributed by atoms with Crippen LogP contribution in [0, 0.1) is 0 Å². The molecular weight excluding hydrogens is 522 g/mol. The summed E-state index contributed by atoms with van der Waals surface area (Å²) in [4.78, 5) is 52.3. The lowest BCUT2D eigenvalue weighted by Crippen LogP contribution is -2.32. The molecule has 0 aliphatic carbocycles. The van der Waals surface area contributed by atoms with Gasteiger partial charge >= 0.3 is 11.9 Å². The second-order valence-electron chi connectivity index (χ2n) is 11.3. The molecule has 3 aliphatic rings. The normalized spacial score (nSPS) is 21.4. The molecule has 2 aromatic carbocycles. The maximum absolute atomic E-state index is 13.9. The number of aromatic hydroxyl groups is 1. The molecule has 0 spiro atoms. The number of ether oxygens (including phenoxy) is 2. The Bertz CT molecular complexity index is 1660. The molecule has 0 saturated heterocycles. The summed E-state index contributed by atoms with van der Waals surface area (Å²) >= 11 is 0. The fourth-order valence-electron chi connectivity index (χ4n) is 6.42. The van der Waals surface area contributed by atoms with E-state index in [2.05, 4.69) is 0 Å². The highest BCUT2D eigenvalue weighted by molar-refractivity contribution is 5.99. The maximum atomic E-state index is 13.9. The summed E-state index contributed by atoms with van der Waals surface area (Å²) in [5.74, 6) is -2.05. The summed E-state index contributed by atoms with van der Waals surface area (Å²) in [5, 5.41) is 12.6. The number of esters is 2. The fourth-order valence-corrected chi connectivity index (χ4v) is 6.42. The van der Waals surface area contributed by atoms with Crippen molar-refractivity contribution in [1.29, 1.82) is 0 Å². The summed E-state index contributed by atoms with van der Waals surface area (Å²) in [7, 11) is 0. The van der Waals surface area contributed by atoms with Crippen LogP contribution in [0.25, 0.3) is 17.0 Å². The summed E-state index contributed by atoms with van der Waals surface area (Å²) in [6, 6.07) is 9.32. The summed E-state index contributed by atoms with van der Waals surface area (Å²) in [6.07, 6.45) is 7.97. The van der Waals surface area contributed by atoms with Gasteiger partial charge in [-0.3, -0.25) is 14.4 Å². The van der Waals surface area contributed by atoms with Crippen LogP contribution in [0.4, 0.5) is 0 Å². The Morgan fingerprint density at radius 1 is 1.00 bits per heavy atom. The minimum absolute atomic E-state index is 0.0209.